The number of hydrogen-bond donors (Lipinski definition) is 1. The number of nitrogens with one attached hydrogen (secondary N) is 1. The number of benzene rings is 1. The summed E-state index contributed by atoms with van der Waals surface area (Å²) in [6.07, 6.45) is 4.44. The van der Waals surface area contributed by atoms with Gasteiger partial charge in [0.05, 0.1) is 0 Å². The van der Waals surface area contributed by atoms with Crippen molar-refractivity contribution in [3.63, 3.8) is 0 Å². The van der Waals surface area contributed by atoms with Gasteiger partial charge < -0.3 is 9.84 Å². The fourth-order valence-electron chi connectivity index (χ4n) is 2.48. The van der Waals surface area contributed by atoms with Gasteiger partial charge in [-0.25, -0.2) is 4.39 Å². The third kappa shape index (κ3) is 3.67. The van der Waals surface area contributed by atoms with Gasteiger partial charge in [0.2, 0.25) is 11.7 Å². The Bertz CT molecular complexity index is 577. The van der Waals surface area contributed by atoms with Crippen LogP contribution in [0.3, 0.4) is 0 Å². The number of hydrogen-bond acceptors (Lipinski definition) is 4. The summed E-state index contributed by atoms with van der Waals surface area (Å²) in [6, 6.07) is 6.56. The van der Waals surface area contributed by atoms with Crippen LogP contribution in [0.4, 0.5) is 4.39 Å². The molecule has 1 saturated carbocycles. The van der Waals surface area contributed by atoms with E-state index in [9.17, 15) is 4.39 Å². The molecule has 0 saturated heterocycles. The normalized spacial score (nSPS) is 16.1. The molecule has 1 fully saturated rings. The molecule has 0 amide bonds. The van der Waals surface area contributed by atoms with Crippen LogP contribution in [0, 0.1) is 11.7 Å². The van der Waals surface area contributed by atoms with E-state index in [4.69, 9.17) is 4.52 Å². The summed E-state index contributed by atoms with van der Waals surface area (Å²) in [6.45, 7) is 3.18. The van der Waals surface area contributed by atoms with Crippen molar-refractivity contribution in [2.45, 2.75) is 38.6 Å². The predicted molar refractivity (Wildman–Crippen MR) is 78.2 cm³/mol. The molecule has 1 aromatic carbocycles. The molecule has 0 spiro atoms. The van der Waals surface area contributed by atoms with Crippen molar-refractivity contribution in [3.8, 4) is 11.4 Å². The molecule has 1 aliphatic carbocycles. The van der Waals surface area contributed by atoms with Crippen LogP contribution in [0.25, 0.3) is 11.4 Å². The van der Waals surface area contributed by atoms with Gasteiger partial charge in [0.25, 0.3) is 0 Å². The van der Waals surface area contributed by atoms with Crippen molar-refractivity contribution >= 4 is 0 Å². The summed E-state index contributed by atoms with van der Waals surface area (Å²) in [5, 5.41) is 7.55. The van der Waals surface area contributed by atoms with Gasteiger partial charge in [0.15, 0.2) is 0 Å². The third-order valence-corrected chi connectivity index (χ3v) is 3.81. The van der Waals surface area contributed by atoms with Crippen LogP contribution in [0.2, 0.25) is 0 Å². The van der Waals surface area contributed by atoms with Crippen molar-refractivity contribution in [1.29, 1.82) is 0 Å². The Morgan fingerprint density at radius 2 is 2.10 bits per heavy atom. The Labute approximate surface area is 123 Å². The molecule has 21 heavy (non-hydrogen) atoms. The number of rotatable bonds is 7. The lowest BCUT2D eigenvalue weighted by Gasteiger charge is -2.15. The van der Waals surface area contributed by atoms with Crippen molar-refractivity contribution in [1.82, 2.24) is 15.5 Å². The van der Waals surface area contributed by atoms with Crippen molar-refractivity contribution in [3.05, 3.63) is 36.0 Å². The largest absolute Gasteiger partial charge is 0.339 e. The van der Waals surface area contributed by atoms with Crippen LogP contribution in [0.5, 0.6) is 0 Å². The lowest BCUT2D eigenvalue weighted by molar-refractivity contribution is 0.346. The number of aromatic nitrogens is 2. The van der Waals surface area contributed by atoms with Gasteiger partial charge >= 0.3 is 0 Å². The SMILES string of the molecule is CCCNC(Cc1nc(-c2ccc(F)cc2)no1)C1CC1. The first-order valence-corrected chi connectivity index (χ1v) is 7.58. The average Bonchev–Trinajstić information content (AvgIpc) is 3.24. The molecule has 2 aromatic rings. The maximum absolute atomic E-state index is 12.9. The fraction of sp³-hybridized carbons (Fsp3) is 0.500. The smallest absolute Gasteiger partial charge is 0.228 e. The predicted octanol–water partition coefficient (Wildman–Crippen LogP) is 3.20. The summed E-state index contributed by atoms with van der Waals surface area (Å²) in [5.74, 6) is 1.64. The molecular formula is C16H20FN3O. The minimum absolute atomic E-state index is 0.264. The topological polar surface area (TPSA) is 51.0 Å². The Hall–Kier alpha value is -1.75. The minimum Gasteiger partial charge on any atom is -0.339 e. The second-order valence-corrected chi connectivity index (χ2v) is 5.62. The van der Waals surface area contributed by atoms with E-state index in [1.54, 1.807) is 12.1 Å². The number of nitrogens with zero attached hydrogens (tertiary/aromatic N) is 2. The summed E-state index contributed by atoms with van der Waals surface area (Å²) in [7, 11) is 0. The van der Waals surface area contributed by atoms with E-state index in [1.165, 1.54) is 25.0 Å². The molecular weight excluding hydrogens is 269 g/mol. The Morgan fingerprint density at radius 1 is 1.33 bits per heavy atom. The standard InChI is InChI=1S/C16H20FN3O/c1-2-9-18-14(11-3-4-11)10-15-19-16(20-21-15)12-5-7-13(17)8-6-12/h5-8,11,14,18H,2-4,9-10H2,1H3. The van der Waals surface area contributed by atoms with Gasteiger partial charge in [-0.05, 0) is 56.0 Å². The Kier molecular flexibility index (Phi) is 4.29. The zero-order chi connectivity index (χ0) is 14.7. The van der Waals surface area contributed by atoms with Gasteiger partial charge in [0.1, 0.15) is 5.82 Å². The Balaban J connectivity index is 1.67. The summed E-state index contributed by atoms with van der Waals surface area (Å²) in [4.78, 5) is 4.43. The van der Waals surface area contributed by atoms with Gasteiger partial charge in [-0.2, -0.15) is 4.98 Å². The molecule has 1 aromatic heterocycles. The average molecular weight is 289 g/mol. The van der Waals surface area contributed by atoms with Crippen LogP contribution in [0.15, 0.2) is 28.8 Å². The molecule has 112 valence electrons. The van der Waals surface area contributed by atoms with E-state index in [2.05, 4.69) is 22.4 Å². The third-order valence-electron chi connectivity index (χ3n) is 3.81. The molecule has 0 radical (unpaired) electrons. The van der Waals surface area contributed by atoms with Crippen molar-refractivity contribution < 1.29 is 8.91 Å². The molecule has 4 nitrogen and oxygen atoms in total. The maximum atomic E-state index is 12.9. The molecule has 0 aliphatic heterocycles. The van der Waals surface area contributed by atoms with Crippen LogP contribution in [-0.2, 0) is 6.42 Å². The zero-order valence-corrected chi connectivity index (χ0v) is 12.2. The molecule has 5 heteroatoms. The van der Waals surface area contributed by atoms with Gasteiger partial charge in [-0.3, -0.25) is 0 Å². The monoisotopic (exact) mass is 289 g/mol. The fourth-order valence-corrected chi connectivity index (χ4v) is 2.48. The highest BCUT2D eigenvalue weighted by Crippen LogP contribution is 2.34. The molecule has 3 rings (SSSR count). The first kappa shape index (κ1) is 14.2. The molecule has 1 atom stereocenters. The van der Waals surface area contributed by atoms with Gasteiger partial charge in [-0.15, -0.1) is 0 Å². The number of halogens is 1. The molecule has 1 unspecified atom stereocenters. The quantitative estimate of drug-likeness (QED) is 0.850. The molecule has 0 bridgehead atoms. The van der Waals surface area contributed by atoms with Crippen LogP contribution >= 0.6 is 0 Å². The molecule has 1 aliphatic rings. The second-order valence-electron chi connectivity index (χ2n) is 5.62. The minimum atomic E-state index is -0.264. The summed E-state index contributed by atoms with van der Waals surface area (Å²) >= 11 is 0. The van der Waals surface area contributed by atoms with Gasteiger partial charge in [0, 0.05) is 18.0 Å². The van der Waals surface area contributed by atoms with E-state index < -0.39 is 0 Å². The zero-order valence-electron chi connectivity index (χ0n) is 12.2. The lowest BCUT2D eigenvalue weighted by Crippen LogP contribution is -2.33. The first-order valence-electron chi connectivity index (χ1n) is 7.58. The summed E-state index contributed by atoms with van der Waals surface area (Å²) < 4.78 is 18.3. The van der Waals surface area contributed by atoms with E-state index in [-0.39, 0.29) is 5.82 Å². The second kappa shape index (κ2) is 6.35. The van der Waals surface area contributed by atoms with Crippen LogP contribution < -0.4 is 5.32 Å². The molecule has 1 heterocycles. The van der Waals surface area contributed by atoms with Gasteiger partial charge in [-0.1, -0.05) is 12.1 Å². The molecule has 1 N–H and O–H groups in total. The van der Waals surface area contributed by atoms with Crippen molar-refractivity contribution in [2.75, 3.05) is 6.54 Å². The lowest BCUT2D eigenvalue weighted by atomic mass is 10.1. The summed E-state index contributed by atoms with van der Waals surface area (Å²) in [5.41, 5.74) is 0.774. The van der Waals surface area contributed by atoms with E-state index in [0.717, 1.165) is 30.9 Å². The van der Waals surface area contributed by atoms with Crippen molar-refractivity contribution in [2.24, 2.45) is 5.92 Å². The van der Waals surface area contributed by atoms with E-state index in [1.807, 2.05) is 0 Å². The highest BCUT2D eigenvalue weighted by Gasteiger charge is 2.32. The van der Waals surface area contributed by atoms with Crippen LogP contribution in [-0.4, -0.2) is 22.7 Å². The van der Waals surface area contributed by atoms with E-state index >= 15 is 0 Å². The maximum Gasteiger partial charge on any atom is 0.228 e. The van der Waals surface area contributed by atoms with E-state index in [0.29, 0.717) is 17.8 Å². The van der Waals surface area contributed by atoms with Crippen LogP contribution in [0.1, 0.15) is 32.1 Å². The first-order chi connectivity index (χ1) is 10.3. The Morgan fingerprint density at radius 3 is 2.76 bits per heavy atom. The highest BCUT2D eigenvalue weighted by atomic mass is 19.1. The highest BCUT2D eigenvalue weighted by molar-refractivity contribution is 5.53.